The van der Waals surface area contributed by atoms with Gasteiger partial charge in [0.2, 0.25) is 0 Å². The molecule has 0 radical (unpaired) electrons. The number of nitrogens with zero attached hydrogens (tertiary/aromatic N) is 2. The number of carbonyl (C=O) groups excluding carboxylic acids is 1. The third-order valence-electron chi connectivity index (χ3n) is 5.56. The van der Waals surface area contributed by atoms with Crippen LogP contribution in [0, 0.1) is 0 Å². The molecule has 0 unspecified atom stereocenters. The van der Waals surface area contributed by atoms with Crippen molar-refractivity contribution in [2.24, 2.45) is 0 Å². The van der Waals surface area contributed by atoms with Crippen LogP contribution >= 0.6 is 11.8 Å². The first-order valence-corrected chi connectivity index (χ1v) is 10.5. The highest BCUT2D eigenvalue weighted by atomic mass is 32.2. The Bertz CT molecular complexity index is 781. The molecule has 0 N–H and O–H groups in total. The van der Waals surface area contributed by atoms with Crippen LogP contribution in [0.4, 0.5) is 16.2 Å². The predicted molar refractivity (Wildman–Crippen MR) is 112 cm³/mol. The minimum absolute atomic E-state index is 0.0960. The molecule has 1 amide bonds. The van der Waals surface area contributed by atoms with Crippen molar-refractivity contribution in [3.05, 3.63) is 59.7 Å². The molecule has 2 aromatic carbocycles. The van der Waals surface area contributed by atoms with E-state index in [1.165, 1.54) is 22.9 Å². The smallest absolute Gasteiger partial charge is 0.290 e. The van der Waals surface area contributed by atoms with Gasteiger partial charge in [-0.3, -0.25) is 14.6 Å². The van der Waals surface area contributed by atoms with Crippen molar-refractivity contribution < 1.29 is 9.53 Å². The van der Waals surface area contributed by atoms with Crippen LogP contribution in [-0.2, 0) is 10.2 Å². The minimum Gasteiger partial charge on any atom is -0.379 e. The summed E-state index contributed by atoms with van der Waals surface area (Å²) in [5.41, 5.74) is 4.29. The van der Waals surface area contributed by atoms with E-state index in [9.17, 15) is 4.79 Å². The first kappa shape index (κ1) is 18.5. The lowest BCUT2D eigenvalue weighted by atomic mass is 9.74. The Balaban J connectivity index is 1.58. The second-order valence-corrected chi connectivity index (χ2v) is 8.61. The summed E-state index contributed by atoms with van der Waals surface area (Å²) in [4.78, 5) is 17.5. The number of benzene rings is 2. The van der Waals surface area contributed by atoms with E-state index >= 15 is 0 Å². The number of morpholine rings is 1. The Morgan fingerprint density at radius 2 is 1.56 bits per heavy atom. The van der Waals surface area contributed by atoms with Gasteiger partial charge in [0.05, 0.1) is 24.6 Å². The van der Waals surface area contributed by atoms with Crippen LogP contribution in [0.25, 0.3) is 0 Å². The second kappa shape index (κ2) is 7.66. The first-order valence-electron chi connectivity index (χ1n) is 9.55. The molecule has 2 aliphatic heterocycles. The number of para-hydroxylation sites is 2. The maximum absolute atomic E-state index is 13.2. The van der Waals surface area contributed by atoms with Crippen molar-refractivity contribution in [3.63, 3.8) is 0 Å². The molecule has 1 saturated heterocycles. The van der Waals surface area contributed by atoms with Crippen LogP contribution in [-0.4, -0.2) is 48.7 Å². The molecule has 0 atom stereocenters. The standard InChI is InChI=1S/C22H26N2O2S/c1-22(2)17-7-3-5-9-19(17)24(20-10-6-4-8-18(20)22)21(25)27-16-13-23-11-14-26-15-12-23/h3-10H,11-16H2,1-2H3. The zero-order chi connectivity index (χ0) is 18.9. The van der Waals surface area contributed by atoms with Crippen LogP contribution in [0.15, 0.2) is 48.5 Å². The summed E-state index contributed by atoms with van der Waals surface area (Å²) < 4.78 is 5.40. The average molecular weight is 383 g/mol. The summed E-state index contributed by atoms with van der Waals surface area (Å²) in [7, 11) is 0. The summed E-state index contributed by atoms with van der Waals surface area (Å²) in [6, 6.07) is 16.6. The van der Waals surface area contributed by atoms with Gasteiger partial charge in [-0.05, 0) is 23.3 Å². The summed E-state index contributed by atoms with van der Waals surface area (Å²) >= 11 is 1.41. The molecule has 4 rings (SSSR count). The van der Waals surface area contributed by atoms with Crippen LogP contribution in [0.2, 0.25) is 0 Å². The molecule has 2 heterocycles. The maximum atomic E-state index is 13.2. The Morgan fingerprint density at radius 1 is 1.00 bits per heavy atom. The fourth-order valence-corrected chi connectivity index (χ4v) is 4.87. The van der Waals surface area contributed by atoms with Gasteiger partial charge in [-0.25, -0.2) is 0 Å². The predicted octanol–water partition coefficient (Wildman–Crippen LogP) is 4.65. The summed E-state index contributed by atoms with van der Waals surface area (Å²) in [5.74, 6) is 0.795. The molecule has 2 aliphatic rings. The highest BCUT2D eigenvalue weighted by Gasteiger charge is 2.38. The van der Waals surface area contributed by atoms with Gasteiger partial charge < -0.3 is 4.74 Å². The van der Waals surface area contributed by atoms with Crippen molar-refractivity contribution in [3.8, 4) is 0 Å². The molecule has 0 bridgehead atoms. The minimum atomic E-state index is -0.123. The molecule has 4 nitrogen and oxygen atoms in total. The average Bonchev–Trinajstić information content (AvgIpc) is 2.69. The Labute approximate surface area is 165 Å². The van der Waals surface area contributed by atoms with Crippen molar-refractivity contribution in [1.29, 1.82) is 0 Å². The number of ether oxygens (including phenoxy) is 1. The summed E-state index contributed by atoms with van der Waals surface area (Å²) in [6.45, 7) is 8.89. The molecule has 142 valence electrons. The summed E-state index contributed by atoms with van der Waals surface area (Å²) in [6.07, 6.45) is 0. The first-order chi connectivity index (χ1) is 13.1. The van der Waals surface area contributed by atoms with Crippen molar-refractivity contribution in [2.45, 2.75) is 19.3 Å². The topological polar surface area (TPSA) is 32.8 Å². The monoisotopic (exact) mass is 382 g/mol. The molecular formula is C22H26N2O2S. The van der Waals surface area contributed by atoms with Gasteiger partial charge in [0.1, 0.15) is 0 Å². The van der Waals surface area contributed by atoms with E-state index in [4.69, 9.17) is 4.74 Å². The van der Waals surface area contributed by atoms with Crippen LogP contribution in [0.5, 0.6) is 0 Å². The molecule has 27 heavy (non-hydrogen) atoms. The summed E-state index contributed by atoms with van der Waals surface area (Å²) in [5, 5.41) is 0.0960. The largest absolute Gasteiger partial charge is 0.379 e. The normalized spacial score (nSPS) is 18.7. The van der Waals surface area contributed by atoms with Crippen LogP contribution in [0.3, 0.4) is 0 Å². The lowest BCUT2D eigenvalue weighted by Crippen LogP contribution is -2.38. The Hall–Kier alpha value is -1.82. The van der Waals surface area contributed by atoms with E-state index in [-0.39, 0.29) is 10.7 Å². The number of rotatable bonds is 3. The van der Waals surface area contributed by atoms with Gasteiger partial charge in [-0.1, -0.05) is 62.0 Å². The zero-order valence-corrected chi connectivity index (χ0v) is 16.8. The van der Waals surface area contributed by atoms with E-state index in [2.05, 4.69) is 55.1 Å². The van der Waals surface area contributed by atoms with Gasteiger partial charge in [0, 0.05) is 30.8 Å². The number of hydrogen-bond acceptors (Lipinski definition) is 4. The Morgan fingerprint density at radius 3 is 2.15 bits per heavy atom. The number of fused-ring (bicyclic) bond motifs is 2. The number of amides is 1. The molecule has 0 spiro atoms. The van der Waals surface area contributed by atoms with Gasteiger partial charge in [0.25, 0.3) is 5.24 Å². The van der Waals surface area contributed by atoms with Crippen molar-refractivity contribution >= 4 is 28.4 Å². The molecule has 0 aromatic heterocycles. The Kier molecular flexibility index (Phi) is 5.26. The number of hydrogen-bond donors (Lipinski definition) is 0. The zero-order valence-electron chi connectivity index (χ0n) is 16.0. The van der Waals surface area contributed by atoms with Crippen LogP contribution in [0.1, 0.15) is 25.0 Å². The molecule has 5 heteroatoms. The third-order valence-corrected chi connectivity index (χ3v) is 6.37. The number of thioether (sulfide) groups is 1. The second-order valence-electron chi connectivity index (χ2n) is 7.56. The molecule has 2 aromatic rings. The van der Waals surface area contributed by atoms with E-state index in [0.29, 0.717) is 0 Å². The van der Waals surface area contributed by atoms with Crippen molar-refractivity contribution in [1.82, 2.24) is 4.90 Å². The van der Waals surface area contributed by atoms with Crippen molar-refractivity contribution in [2.75, 3.05) is 43.5 Å². The molecule has 0 saturated carbocycles. The molecule has 0 aliphatic carbocycles. The van der Waals surface area contributed by atoms with E-state index in [1.807, 2.05) is 17.0 Å². The van der Waals surface area contributed by atoms with E-state index in [0.717, 1.165) is 50.0 Å². The van der Waals surface area contributed by atoms with Crippen LogP contribution < -0.4 is 4.90 Å². The lowest BCUT2D eigenvalue weighted by Gasteiger charge is -2.40. The fraction of sp³-hybridized carbons (Fsp3) is 0.409. The van der Waals surface area contributed by atoms with E-state index < -0.39 is 0 Å². The highest BCUT2D eigenvalue weighted by molar-refractivity contribution is 8.13. The molecule has 1 fully saturated rings. The number of carbonyl (C=O) groups is 1. The van der Waals surface area contributed by atoms with Gasteiger partial charge in [-0.15, -0.1) is 0 Å². The maximum Gasteiger partial charge on any atom is 0.290 e. The fourth-order valence-electron chi connectivity index (χ4n) is 4.02. The third kappa shape index (κ3) is 3.51. The van der Waals surface area contributed by atoms with Gasteiger partial charge in [-0.2, -0.15) is 0 Å². The van der Waals surface area contributed by atoms with E-state index in [1.54, 1.807) is 0 Å². The lowest BCUT2D eigenvalue weighted by molar-refractivity contribution is 0.0410. The van der Waals surface area contributed by atoms with Gasteiger partial charge >= 0.3 is 0 Å². The molecular weight excluding hydrogens is 356 g/mol. The highest BCUT2D eigenvalue weighted by Crippen LogP contribution is 2.49. The van der Waals surface area contributed by atoms with Gasteiger partial charge in [0.15, 0.2) is 0 Å². The number of anilines is 2. The quantitative estimate of drug-likeness (QED) is 0.774. The SMILES string of the molecule is CC1(C)c2ccccc2N(C(=O)SCCN2CCOCC2)c2ccccc21.